The van der Waals surface area contributed by atoms with Crippen LogP contribution < -0.4 is 0 Å². The third kappa shape index (κ3) is 8.50. The van der Waals surface area contributed by atoms with Crippen molar-refractivity contribution < 1.29 is 9.90 Å². The van der Waals surface area contributed by atoms with Gasteiger partial charge in [-0.05, 0) is 26.2 Å². The van der Waals surface area contributed by atoms with Gasteiger partial charge in [0.25, 0.3) is 0 Å². The first-order valence-electron chi connectivity index (χ1n) is 9.65. The molecule has 0 aromatic carbocycles. The lowest BCUT2D eigenvalue weighted by Gasteiger charge is -2.30. The number of aliphatic hydroxyl groups is 1. The lowest BCUT2D eigenvalue weighted by atomic mass is 10.1. The second-order valence-electron chi connectivity index (χ2n) is 6.83. The maximum atomic E-state index is 12.3. The summed E-state index contributed by atoms with van der Waals surface area (Å²) in [6.45, 7) is 5.48. The maximum Gasteiger partial charge on any atom is 0.232 e. The highest BCUT2D eigenvalue weighted by Gasteiger charge is 2.25. The number of carbonyl (C=O) groups is 1. The minimum absolute atomic E-state index is 0.0110. The van der Waals surface area contributed by atoms with Gasteiger partial charge in [-0.3, -0.25) is 9.79 Å². The van der Waals surface area contributed by atoms with Crippen molar-refractivity contribution >= 4 is 12.1 Å². The Labute approximate surface area is 142 Å². The third-order valence-electron chi connectivity index (χ3n) is 4.61. The van der Waals surface area contributed by atoms with Crippen molar-refractivity contribution in [2.24, 2.45) is 10.9 Å². The van der Waals surface area contributed by atoms with Gasteiger partial charge in [-0.1, -0.05) is 58.3 Å². The number of hydrogen-bond donors (Lipinski definition) is 1. The number of hydrogen-bond acceptors (Lipinski definition) is 3. The molecule has 23 heavy (non-hydrogen) atoms. The molecular weight excluding hydrogens is 288 g/mol. The Morgan fingerprint density at radius 2 is 1.78 bits per heavy atom. The molecule has 1 aliphatic rings. The molecule has 0 bridgehead atoms. The number of carbonyl (C=O) groups excluding carboxylic acids is 1. The number of aliphatic imine (C=N–C) groups is 1. The number of amides is 1. The molecule has 0 aliphatic carbocycles. The van der Waals surface area contributed by atoms with Crippen LogP contribution in [-0.2, 0) is 4.79 Å². The van der Waals surface area contributed by atoms with Crippen molar-refractivity contribution in [1.29, 1.82) is 0 Å². The average Bonchev–Trinajstić information content (AvgIpc) is 2.54. The van der Waals surface area contributed by atoms with Crippen LogP contribution in [-0.4, -0.2) is 41.4 Å². The zero-order chi connectivity index (χ0) is 16.9. The van der Waals surface area contributed by atoms with Gasteiger partial charge in [0.2, 0.25) is 5.91 Å². The Morgan fingerprint density at radius 3 is 2.43 bits per heavy atom. The molecule has 4 nitrogen and oxygen atoms in total. The SMILES string of the molecule is CCCCCCCCCCCC(O)N1CCCN=CC(C)C1=O. The molecule has 0 saturated carbocycles. The third-order valence-corrected chi connectivity index (χ3v) is 4.61. The Bertz CT molecular complexity index is 344. The number of aliphatic hydroxyl groups excluding tert-OH is 1. The predicted octanol–water partition coefficient (Wildman–Crippen LogP) is 4.16. The molecule has 1 N–H and O–H groups in total. The summed E-state index contributed by atoms with van der Waals surface area (Å²) in [4.78, 5) is 18.2. The van der Waals surface area contributed by atoms with E-state index in [4.69, 9.17) is 0 Å². The first-order valence-corrected chi connectivity index (χ1v) is 9.65. The van der Waals surface area contributed by atoms with Crippen LogP contribution in [0.1, 0.15) is 84.5 Å². The molecule has 0 fully saturated rings. The van der Waals surface area contributed by atoms with Crippen LogP contribution in [0.3, 0.4) is 0 Å². The highest BCUT2D eigenvalue weighted by molar-refractivity contribution is 5.93. The summed E-state index contributed by atoms with van der Waals surface area (Å²) in [7, 11) is 0. The largest absolute Gasteiger partial charge is 0.374 e. The number of rotatable bonds is 11. The molecular formula is C19H36N2O2. The minimum atomic E-state index is -0.624. The predicted molar refractivity (Wildman–Crippen MR) is 96.7 cm³/mol. The summed E-state index contributed by atoms with van der Waals surface area (Å²) in [6, 6.07) is 0. The van der Waals surface area contributed by atoms with Gasteiger partial charge in [-0.2, -0.15) is 0 Å². The summed E-state index contributed by atoms with van der Waals surface area (Å²) in [6.07, 6.45) is 14.1. The van der Waals surface area contributed by atoms with E-state index in [1.165, 1.54) is 44.9 Å². The maximum absolute atomic E-state index is 12.3. The quantitative estimate of drug-likeness (QED) is 0.580. The van der Waals surface area contributed by atoms with Crippen LogP contribution >= 0.6 is 0 Å². The van der Waals surface area contributed by atoms with Crippen LogP contribution in [0.15, 0.2) is 4.99 Å². The molecule has 0 aromatic heterocycles. The van der Waals surface area contributed by atoms with Gasteiger partial charge >= 0.3 is 0 Å². The van der Waals surface area contributed by atoms with Crippen molar-refractivity contribution in [2.75, 3.05) is 13.1 Å². The molecule has 0 aromatic rings. The van der Waals surface area contributed by atoms with Crippen LogP contribution in [0.5, 0.6) is 0 Å². The van der Waals surface area contributed by atoms with E-state index in [0.717, 1.165) is 25.8 Å². The van der Waals surface area contributed by atoms with E-state index in [2.05, 4.69) is 11.9 Å². The Balaban J connectivity index is 2.14. The normalized spacial score (nSPS) is 20.4. The fraction of sp³-hybridized carbons (Fsp3) is 0.895. The van der Waals surface area contributed by atoms with Crippen molar-refractivity contribution in [1.82, 2.24) is 4.90 Å². The van der Waals surface area contributed by atoms with Crippen molar-refractivity contribution in [3.8, 4) is 0 Å². The van der Waals surface area contributed by atoms with Crippen LogP contribution in [0, 0.1) is 5.92 Å². The average molecular weight is 325 g/mol. The number of unbranched alkanes of at least 4 members (excludes halogenated alkanes) is 8. The van der Waals surface area contributed by atoms with Gasteiger partial charge in [0.1, 0.15) is 6.23 Å². The second-order valence-corrected chi connectivity index (χ2v) is 6.83. The molecule has 0 saturated heterocycles. The summed E-state index contributed by atoms with van der Waals surface area (Å²) < 4.78 is 0. The molecule has 4 heteroatoms. The monoisotopic (exact) mass is 324 g/mol. The molecule has 134 valence electrons. The van der Waals surface area contributed by atoms with Crippen LogP contribution in [0.2, 0.25) is 0 Å². The highest BCUT2D eigenvalue weighted by Crippen LogP contribution is 2.15. The molecule has 1 aliphatic heterocycles. The zero-order valence-electron chi connectivity index (χ0n) is 15.2. The Morgan fingerprint density at radius 1 is 1.17 bits per heavy atom. The number of nitrogens with zero attached hydrogens (tertiary/aromatic N) is 2. The van der Waals surface area contributed by atoms with Crippen molar-refractivity contribution in [3.63, 3.8) is 0 Å². The topological polar surface area (TPSA) is 52.9 Å². The molecule has 2 atom stereocenters. The molecule has 0 radical (unpaired) electrons. The Kier molecular flexibility index (Phi) is 11.0. The van der Waals surface area contributed by atoms with E-state index in [9.17, 15) is 9.90 Å². The molecule has 2 unspecified atom stereocenters. The van der Waals surface area contributed by atoms with E-state index in [-0.39, 0.29) is 11.8 Å². The standard InChI is InChI=1S/C19H36N2O2/c1-3-4-5-6-7-8-9-10-11-13-18(22)21-15-12-14-20-16-17(2)19(21)23/h16-18,22H,3-15H2,1-2H3. The summed E-state index contributed by atoms with van der Waals surface area (Å²) in [5.41, 5.74) is 0. The van der Waals surface area contributed by atoms with E-state index < -0.39 is 6.23 Å². The van der Waals surface area contributed by atoms with E-state index in [0.29, 0.717) is 13.0 Å². The highest BCUT2D eigenvalue weighted by atomic mass is 16.3. The smallest absolute Gasteiger partial charge is 0.232 e. The molecule has 1 amide bonds. The van der Waals surface area contributed by atoms with Crippen LogP contribution in [0.25, 0.3) is 0 Å². The minimum Gasteiger partial charge on any atom is -0.374 e. The fourth-order valence-electron chi connectivity index (χ4n) is 3.09. The fourth-order valence-corrected chi connectivity index (χ4v) is 3.09. The molecule has 0 spiro atoms. The van der Waals surface area contributed by atoms with Gasteiger partial charge in [-0.25, -0.2) is 0 Å². The second kappa shape index (κ2) is 12.5. The van der Waals surface area contributed by atoms with Gasteiger partial charge in [0.05, 0.1) is 5.92 Å². The summed E-state index contributed by atoms with van der Waals surface area (Å²) in [5, 5.41) is 10.3. The van der Waals surface area contributed by atoms with Gasteiger partial charge in [-0.15, -0.1) is 0 Å². The lowest BCUT2D eigenvalue weighted by molar-refractivity contribution is -0.143. The van der Waals surface area contributed by atoms with Gasteiger partial charge < -0.3 is 10.0 Å². The van der Waals surface area contributed by atoms with Gasteiger partial charge in [0, 0.05) is 19.3 Å². The van der Waals surface area contributed by atoms with E-state index in [1.807, 2.05) is 6.92 Å². The van der Waals surface area contributed by atoms with Crippen molar-refractivity contribution in [2.45, 2.75) is 90.7 Å². The lowest BCUT2D eigenvalue weighted by Crippen LogP contribution is -2.44. The van der Waals surface area contributed by atoms with E-state index >= 15 is 0 Å². The summed E-state index contributed by atoms with van der Waals surface area (Å²) in [5.74, 6) is -0.204. The van der Waals surface area contributed by atoms with Crippen LogP contribution in [0.4, 0.5) is 0 Å². The van der Waals surface area contributed by atoms with Gasteiger partial charge in [0.15, 0.2) is 0 Å². The van der Waals surface area contributed by atoms with E-state index in [1.54, 1.807) is 11.1 Å². The molecule has 1 heterocycles. The molecule has 1 rings (SSSR count). The zero-order valence-corrected chi connectivity index (χ0v) is 15.2. The first-order chi connectivity index (χ1) is 11.2. The summed E-state index contributed by atoms with van der Waals surface area (Å²) >= 11 is 0. The Hall–Kier alpha value is -0.900. The van der Waals surface area contributed by atoms with Crippen molar-refractivity contribution in [3.05, 3.63) is 0 Å². The first kappa shape index (κ1) is 20.1.